The summed E-state index contributed by atoms with van der Waals surface area (Å²) >= 11 is 0. The quantitative estimate of drug-likeness (QED) is 0.618. The molecule has 0 saturated carbocycles. The molecule has 1 aromatic rings. The third-order valence-electron chi connectivity index (χ3n) is 1.17. The molecule has 5 nitrogen and oxygen atoms in total. The summed E-state index contributed by atoms with van der Waals surface area (Å²) in [5.41, 5.74) is 5.89. The van der Waals surface area contributed by atoms with Gasteiger partial charge in [0.05, 0.1) is 0 Å². The molecule has 0 bridgehead atoms. The van der Waals surface area contributed by atoms with E-state index in [2.05, 4.69) is 20.8 Å². The van der Waals surface area contributed by atoms with Crippen LogP contribution in [0.2, 0.25) is 0 Å². The van der Waals surface area contributed by atoms with Crippen molar-refractivity contribution >= 4 is 11.7 Å². The predicted molar refractivity (Wildman–Crippen MR) is 44.2 cm³/mol. The van der Waals surface area contributed by atoms with Crippen LogP contribution in [0.3, 0.4) is 0 Å². The highest BCUT2D eigenvalue weighted by Gasteiger charge is 1.93. The van der Waals surface area contributed by atoms with Gasteiger partial charge in [0, 0.05) is 18.7 Å². The fourth-order valence-corrected chi connectivity index (χ4v) is 0.675. The minimum absolute atomic E-state index is 0.161. The number of hydrogen-bond donors (Lipinski definition) is 2. The molecule has 0 saturated heterocycles. The predicted octanol–water partition coefficient (Wildman–Crippen LogP) is 0.248. The smallest absolute Gasteiger partial charge is 0.235 e. The Hall–Kier alpha value is -1.65. The molecule has 1 heterocycles. The number of amides is 1. The monoisotopic (exact) mass is 166 g/mol. The average Bonchev–Trinajstić information content (AvgIpc) is 2.01. The van der Waals surface area contributed by atoms with Gasteiger partial charge in [-0.1, -0.05) is 0 Å². The Morgan fingerprint density at radius 3 is 2.83 bits per heavy atom. The second kappa shape index (κ2) is 3.66. The van der Waals surface area contributed by atoms with Gasteiger partial charge < -0.3 is 0 Å². The minimum Gasteiger partial charge on any atom is -0.282 e. The molecule has 64 valence electrons. The van der Waals surface area contributed by atoms with Crippen LogP contribution in [0.4, 0.5) is 5.82 Å². The Morgan fingerprint density at radius 1 is 1.50 bits per heavy atom. The number of aromatic nitrogens is 2. The number of hydrogen-bond acceptors (Lipinski definition) is 4. The summed E-state index contributed by atoms with van der Waals surface area (Å²) in [6.45, 7) is 3.27. The van der Waals surface area contributed by atoms with E-state index in [1.165, 1.54) is 13.3 Å². The van der Waals surface area contributed by atoms with E-state index in [-0.39, 0.29) is 5.91 Å². The lowest BCUT2D eigenvalue weighted by molar-refractivity contribution is -0.118. The van der Waals surface area contributed by atoms with Crippen molar-refractivity contribution in [2.45, 2.75) is 13.8 Å². The van der Waals surface area contributed by atoms with Crippen molar-refractivity contribution < 1.29 is 4.79 Å². The van der Waals surface area contributed by atoms with Gasteiger partial charge in [-0.15, -0.1) is 0 Å². The number of nitrogens with one attached hydrogen (secondary N) is 2. The van der Waals surface area contributed by atoms with Crippen LogP contribution in [-0.4, -0.2) is 15.9 Å². The highest BCUT2D eigenvalue weighted by molar-refractivity contribution is 5.74. The second-order valence-electron chi connectivity index (χ2n) is 2.35. The first-order chi connectivity index (χ1) is 5.68. The lowest BCUT2D eigenvalue weighted by Crippen LogP contribution is -2.27. The molecule has 1 amide bonds. The molecular weight excluding hydrogens is 156 g/mol. The van der Waals surface area contributed by atoms with Crippen molar-refractivity contribution in [2.24, 2.45) is 0 Å². The normalized spacial score (nSPS) is 9.17. The van der Waals surface area contributed by atoms with E-state index in [1.807, 2.05) is 6.92 Å². The Morgan fingerprint density at radius 2 is 2.25 bits per heavy atom. The van der Waals surface area contributed by atoms with Crippen molar-refractivity contribution in [3.63, 3.8) is 0 Å². The Balaban J connectivity index is 2.57. The maximum atomic E-state index is 10.5. The molecule has 0 aliphatic heterocycles. The number of nitrogens with zero attached hydrogens (tertiary/aromatic N) is 2. The summed E-state index contributed by atoms with van der Waals surface area (Å²) < 4.78 is 0. The molecule has 0 aromatic carbocycles. The number of aryl methyl sites for hydroxylation is 1. The van der Waals surface area contributed by atoms with Gasteiger partial charge in [0.2, 0.25) is 5.91 Å². The first kappa shape index (κ1) is 8.45. The molecule has 0 aliphatic rings. The van der Waals surface area contributed by atoms with Crippen LogP contribution in [0, 0.1) is 6.92 Å². The van der Waals surface area contributed by atoms with Crippen LogP contribution in [0.1, 0.15) is 12.6 Å². The molecule has 0 radical (unpaired) electrons. The molecule has 0 spiro atoms. The Bertz CT molecular complexity index is 286. The average molecular weight is 166 g/mol. The lowest BCUT2D eigenvalue weighted by Gasteiger charge is -2.04. The highest BCUT2D eigenvalue weighted by Crippen LogP contribution is 1.99. The van der Waals surface area contributed by atoms with Crippen molar-refractivity contribution in [3.8, 4) is 0 Å². The van der Waals surface area contributed by atoms with E-state index in [0.29, 0.717) is 5.82 Å². The summed E-state index contributed by atoms with van der Waals surface area (Å²) in [5.74, 6) is 0.420. The summed E-state index contributed by atoms with van der Waals surface area (Å²) in [5, 5.41) is 0. The lowest BCUT2D eigenvalue weighted by atomic mass is 10.4. The zero-order valence-corrected chi connectivity index (χ0v) is 6.96. The van der Waals surface area contributed by atoms with Crippen LogP contribution >= 0.6 is 0 Å². The van der Waals surface area contributed by atoms with Crippen molar-refractivity contribution in [1.29, 1.82) is 0 Å². The van der Waals surface area contributed by atoms with E-state index in [9.17, 15) is 4.79 Å². The van der Waals surface area contributed by atoms with Crippen LogP contribution in [0.25, 0.3) is 0 Å². The van der Waals surface area contributed by atoms with Gasteiger partial charge in [-0.05, 0) is 6.92 Å². The molecule has 12 heavy (non-hydrogen) atoms. The molecule has 0 aliphatic carbocycles. The standard InChI is InChI=1S/C7H10N4O/c1-5-3-7(9-4-8-5)11-10-6(2)12/h3-4H,1-2H3,(H,10,12)(H,8,9,11). The van der Waals surface area contributed by atoms with Gasteiger partial charge in [-0.25, -0.2) is 9.97 Å². The fraction of sp³-hybridized carbons (Fsp3) is 0.286. The van der Waals surface area contributed by atoms with Crippen molar-refractivity contribution in [1.82, 2.24) is 15.4 Å². The van der Waals surface area contributed by atoms with Crippen LogP contribution in [0.5, 0.6) is 0 Å². The summed E-state index contributed by atoms with van der Waals surface area (Å²) in [6, 6.07) is 1.73. The Kier molecular flexibility index (Phi) is 2.57. The van der Waals surface area contributed by atoms with Crippen molar-refractivity contribution in [3.05, 3.63) is 18.1 Å². The van der Waals surface area contributed by atoms with Crippen LogP contribution in [0.15, 0.2) is 12.4 Å². The SMILES string of the molecule is CC(=O)NNc1cc(C)ncn1. The van der Waals surface area contributed by atoms with Gasteiger partial charge in [-0.3, -0.25) is 15.6 Å². The summed E-state index contributed by atoms with van der Waals surface area (Å²) in [6.07, 6.45) is 1.43. The fourth-order valence-electron chi connectivity index (χ4n) is 0.675. The summed E-state index contributed by atoms with van der Waals surface area (Å²) in [7, 11) is 0. The van der Waals surface area contributed by atoms with E-state index in [4.69, 9.17) is 0 Å². The van der Waals surface area contributed by atoms with E-state index in [0.717, 1.165) is 5.69 Å². The first-order valence-corrected chi connectivity index (χ1v) is 3.50. The molecule has 0 unspecified atom stereocenters. The van der Waals surface area contributed by atoms with Gasteiger partial charge in [0.15, 0.2) is 0 Å². The zero-order chi connectivity index (χ0) is 8.97. The van der Waals surface area contributed by atoms with Crippen LogP contribution in [-0.2, 0) is 4.79 Å². The molecular formula is C7H10N4O. The maximum absolute atomic E-state index is 10.5. The number of hydrazine groups is 1. The zero-order valence-electron chi connectivity index (χ0n) is 6.96. The van der Waals surface area contributed by atoms with Crippen molar-refractivity contribution in [2.75, 3.05) is 5.43 Å². The van der Waals surface area contributed by atoms with Crippen LogP contribution < -0.4 is 10.9 Å². The Labute approximate surface area is 70.2 Å². The van der Waals surface area contributed by atoms with E-state index in [1.54, 1.807) is 6.07 Å². The first-order valence-electron chi connectivity index (χ1n) is 3.50. The molecule has 2 N–H and O–H groups in total. The molecule has 1 rings (SSSR count). The summed E-state index contributed by atoms with van der Waals surface area (Å²) in [4.78, 5) is 18.3. The largest absolute Gasteiger partial charge is 0.282 e. The van der Waals surface area contributed by atoms with Gasteiger partial charge in [0.25, 0.3) is 0 Å². The van der Waals surface area contributed by atoms with Gasteiger partial charge >= 0.3 is 0 Å². The van der Waals surface area contributed by atoms with Gasteiger partial charge in [0.1, 0.15) is 12.1 Å². The molecule has 1 aromatic heterocycles. The molecule has 0 atom stereocenters. The number of carbonyl (C=O) groups excluding carboxylic acids is 1. The molecule has 5 heteroatoms. The number of rotatable bonds is 2. The minimum atomic E-state index is -0.161. The topological polar surface area (TPSA) is 66.9 Å². The maximum Gasteiger partial charge on any atom is 0.235 e. The van der Waals surface area contributed by atoms with E-state index >= 15 is 0 Å². The third-order valence-corrected chi connectivity index (χ3v) is 1.17. The second-order valence-corrected chi connectivity index (χ2v) is 2.35. The third kappa shape index (κ3) is 2.53. The van der Waals surface area contributed by atoms with Gasteiger partial charge in [-0.2, -0.15) is 0 Å². The highest BCUT2D eigenvalue weighted by atomic mass is 16.2. The van der Waals surface area contributed by atoms with E-state index < -0.39 is 0 Å². The number of anilines is 1. The molecule has 0 fully saturated rings. The number of carbonyl (C=O) groups is 1.